The minimum absolute atomic E-state index is 0.0614. The van der Waals surface area contributed by atoms with Crippen molar-refractivity contribution < 1.29 is 20.1 Å². The Balaban J connectivity index is 0.00000132. The first-order valence-electron chi connectivity index (χ1n) is 11.7. The van der Waals surface area contributed by atoms with Crippen LogP contribution in [0.15, 0.2) is 42.5 Å². The quantitative estimate of drug-likeness (QED) is 0.609. The van der Waals surface area contributed by atoms with Crippen molar-refractivity contribution in [1.82, 2.24) is 0 Å². The molecule has 2 aromatic rings. The van der Waals surface area contributed by atoms with Crippen LogP contribution in [-0.4, -0.2) is 34.1 Å². The van der Waals surface area contributed by atoms with E-state index in [0.29, 0.717) is 18.8 Å². The summed E-state index contributed by atoms with van der Waals surface area (Å²) >= 11 is 0. The van der Waals surface area contributed by atoms with E-state index in [4.69, 9.17) is 4.74 Å². The highest BCUT2D eigenvalue weighted by Crippen LogP contribution is 2.43. The molecule has 3 N–H and O–H groups in total. The highest BCUT2D eigenvalue weighted by molar-refractivity contribution is 5.41. The molecule has 4 nitrogen and oxygen atoms in total. The van der Waals surface area contributed by atoms with E-state index in [9.17, 15) is 15.3 Å². The fraction of sp³-hybridized carbons (Fsp3) is 0.556. The molecular weight excluding hydrogens is 388 g/mol. The van der Waals surface area contributed by atoms with Crippen LogP contribution >= 0.6 is 0 Å². The molecule has 2 aliphatic rings. The summed E-state index contributed by atoms with van der Waals surface area (Å²) in [6.07, 6.45) is 3.47. The van der Waals surface area contributed by atoms with E-state index in [1.807, 2.05) is 26.0 Å². The van der Waals surface area contributed by atoms with Gasteiger partial charge in [0.25, 0.3) is 0 Å². The van der Waals surface area contributed by atoms with E-state index in [2.05, 4.69) is 30.3 Å². The van der Waals surface area contributed by atoms with Crippen molar-refractivity contribution in [2.45, 2.75) is 89.6 Å². The highest BCUT2D eigenvalue weighted by atomic mass is 16.5. The highest BCUT2D eigenvalue weighted by Gasteiger charge is 2.31. The van der Waals surface area contributed by atoms with Gasteiger partial charge in [-0.15, -0.1) is 0 Å². The molecule has 1 aliphatic heterocycles. The lowest BCUT2D eigenvalue weighted by Crippen LogP contribution is -2.33. The number of benzene rings is 2. The third-order valence-electron chi connectivity index (χ3n) is 6.19. The van der Waals surface area contributed by atoms with E-state index in [1.165, 1.54) is 29.5 Å². The molecule has 4 rings (SSSR count). The second-order valence-electron chi connectivity index (χ2n) is 9.22. The maximum Gasteiger partial charge on any atom is 0.0854 e. The van der Waals surface area contributed by atoms with Gasteiger partial charge in [-0.05, 0) is 66.8 Å². The number of aliphatic hydroxyl groups excluding tert-OH is 2. The second-order valence-corrected chi connectivity index (χ2v) is 9.22. The number of hydrogen-bond donors (Lipinski definition) is 3. The van der Waals surface area contributed by atoms with Gasteiger partial charge in [0.2, 0.25) is 0 Å². The lowest BCUT2D eigenvalue weighted by Gasteiger charge is -2.33. The van der Waals surface area contributed by atoms with Crippen molar-refractivity contribution >= 4 is 0 Å². The Morgan fingerprint density at radius 3 is 2.26 bits per heavy atom. The van der Waals surface area contributed by atoms with Gasteiger partial charge >= 0.3 is 0 Å². The first kappa shape index (κ1) is 23.9. The van der Waals surface area contributed by atoms with Crippen LogP contribution in [0.25, 0.3) is 0 Å². The van der Waals surface area contributed by atoms with Gasteiger partial charge in [-0.25, -0.2) is 0 Å². The van der Waals surface area contributed by atoms with E-state index < -0.39 is 11.7 Å². The largest absolute Gasteiger partial charge is 0.394 e. The van der Waals surface area contributed by atoms with Crippen molar-refractivity contribution in [3.8, 4) is 0 Å². The average Bonchev–Trinajstić information content (AvgIpc) is 3.60. The zero-order valence-corrected chi connectivity index (χ0v) is 19.3. The Bertz CT molecular complexity index is 833. The zero-order chi connectivity index (χ0) is 22.6. The topological polar surface area (TPSA) is 69.9 Å². The maximum absolute atomic E-state index is 10.2. The molecule has 170 valence electrons. The monoisotopic (exact) mass is 426 g/mol. The normalized spacial score (nSPS) is 23.8. The third-order valence-corrected chi connectivity index (χ3v) is 6.19. The third kappa shape index (κ3) is 6.17. The molecule has 0 bridgehead atoms. The number of ether oxygens (including phenoxy) is 1. The summed E-state index contributed by atoms with van der Waals surface area (Å²) in [7, 11) is 0. The number of aliphatic hydroxyl groups is 3. The van der Waals surface area contributed by atoms with Gasteiger partial charge in [0.05, 0.1) is 30.5 Å². The van der Waals surface area contributed by atoms with E-state index in [1.54, 1.807) is 13.8 Å². The lowest BCUT2D eigenvalue weighted by atomic mass is 9.90. The molecule has 0 spiro atoms. The second kappa shape index (κ2) is 10.3. The fourth-order valence-electron chi connectivity index (χ4n) is 4.34. The van der Waals surface area contributed by atoms with Crippen LogP contribution in [0.3, 0.4) is 0 Å². The summed E-state index contributed by atoms with van der Waals surface area (Å²) in [6, 6.07) is 14.8. The molecule has 3 atom stereocenters. The molecule has 1 saturated heterocycles. The van der Waals surface area contributed by atoms with Gasteiger partial charge < -0.3 is 20.1 Å². The molecule has 1 saturated carbocycles. The summed E-state index contributed by atoms with van der Waals surface area (Å²) in [5.74, 6) is 0.651. The van der Waals surface area contributed by atoms with E-state index >= 15 is 0 Å². The predicted molar refractivity (Wildman–Crippen MR) is 124 cm³/mol. The molecule has 2 aromatic carbocycles. The van der Waals surface area contributed by atoms with Crippen LogP contribution in [0, 0.1) is 0 Å². The minimum Gasteiger partial charge on any atom is -0.394 e. The van der Waals surface area contributed by atoms with Crippen molar-refractivity contribution in [3.05, 3.63) is 70.3 Å². The van der Waals surface area contributed by atoms with Crippen LogP contribution in [0.1, 0.15) is 93.2 Å². The van der Waals surface area contributed by atoms with Gasteiger partial charge in [-0.2, -0.15) is 0 Å². The van der Waals surface area contributed by atoms with Gasteiger partial charge in [0.15, 0.2) is 0 Å². The molecule has 0 unspecified atom stereocenters. The molecule has 1 aliphatic carbocycles. The molecular formula is C27H38O4. The van der Waals surface area contributed by atoms with Gasteiger partial charge in [0.1, 0.15) is 0 Å². The smallest absolute Gasteiger partial charge is 0.0854 e. The molecule has 2 fully saturated rings. The first-order chi connectivity index (χ1) is 14.8. The molecule has 31 heavy (non-hydrogen) atoms. The van der Waals surface area contributed by atoms with Crippen LogP contribution in [0.4, 0.5) is 0 Å². The Morgan fingerprint density at radius 1 is 1.00 bits per heavy atom. The van der Waals surface area contributed by atoms with Crippen LogP contribution in [0.5, 0.6) is 0 Å². The Kier molecular flexibility index (Phi) is 7.92. The van der Waals surface area contributed by atoms with Crippen LogP contribution in [0.2, 0.25) is 0 Å². The minimum atomic E-state index is -0.833. The van der Waals surface area contributed by atoms with Gasteiger partial charge in [-0.3, -0.25) is 0 Å². The first-order valence-corrected chi connectivity index (χ1v) is 11.7. The summed E-state index contributed by atoms with van der Waals surface area (Å²) < 4.78 is 6.03. The van der Waals surface area contributed by atoms with Crippen molar-refractivity contribution in [2.24, 2.45) is 0 Å². The Labute approximate surface area is 186 Å². The van der Waals surface area contributed by atoms with E-state index in [0.717, 1.165) is 17.5 Å². The average molecular weight is 427 g/mol. The fourth-order valence-corrected chi connectivity index (χ4v) is 4.34. The standard InChI is InChI=1S/C25H32O4.C2H6/c1-25(2,28)20-8-3-16(4-9-20)11-19-12-18(7-10-23(19)17-5-6-17)24-14-21(27)13-22(15-26)29-24;1-2/h3-4,7-10,12,17,21-22,24,26-28H,5-6,11,13-15H2,1-2H3;1-2H3/t21-,22-,24+;/m0./s1. The molecule has 1 heterocycles. The molecule has 0 aromatic heterocycles. The molecule has 0 radical (unpaired) electrons. The summed E-state index contributed by atoms with van der Waals surface area (Å²) in [6.45, 7) is 7.54. The summed E-state index contributed by atoms with van der Waals surface area (Å²) in [4.78, 5) is 0. The van der Waals surface area contributed by atoms with Crippen molar-refractivity contribution in [3.63, 3.8) is 0 Å². The van der Waals surface area contributed by atoms with Gasteiger partial charge in [-0.1, -0.05) is 56.3 Å². The van der Waals surface area contributed by atoms with Crippen molar-refractivity contribution in [2.75, 3.05) is 6.61 Å². The predicted octanol–water partition coefficient (Wildman–Crippen LogP) is 4.98. The number of hydrogen-bond acceptors (Lipinski definition) is 4. The summed E-state index contributed by atoms with van der Waals surface area (Å²) in [5.41, 5.74) is 5.10. The maximum atomic E-state index is 10.2. The Hall–Kier alpha value is -1.72. The number of rotatable bonds is 6. The summed E-state index contributed by atoms with van der Waals surface area (Å²) in [5, 5.41) is 29.8. The van der Waals surface area contributed by atoms with E-state index in [-0.39, 0.29) is 18.8 Å². The molecule has 0 amide bonds. The van der Waals surface area contributed by atoms with Crippen molar-refractivity contribution in [1.29, 1.82) is 0 Å². The van der Waals surface area contributed by atoms with Crippen LogP contribution < -0.4 is 0 Å². The van der Waals surface area contributed by atoms with Crippen LogP contribution in [-0.2, 0) is 16.8 Å². The SMILES string of the molecule is CC.CC(C)(O)c1ccc(Cc2cc([C@H]3C[C@@H](O)C[C@@H](CO)O3)ccc2C2CC2)cc1. The molecule has 4 heteroatoms. The lowest BCUT2D eigenvalue weighted by molar-refractivity contribution is -0.113. The Morgan fingerprint density at radius 2 is 1.68 bits per heavy atom. The van der Waals surface area contributed by atoms with Gasteiger partial charge in [0, 0.05) is 12.8 Å². The zero-order valence-electron chi connectivity index (χ0n) is 19.3.